The number of carbonyl (C=O) groups is 2. The number of para-hydroxylation sites is 1. The number of anilines is 2. The van der Waals surface area contributed by atoms with Gasteiger partial charge < -0.3 is 20.4 Å². The summed E-state index contributed by atoms with van der Waals surface area (Å²) in [6.45, 7) is 3.82. The number of hydrogen-bond donors (Lipinski definition) is 2. The molecule has 158 valence electrons. The van der Waals surface area contributed by atoms with Gasteiger partial charge in [0, 0.05) is 31.4 Å². The fourth-order valence-corrected chi connectivity index (χ4v) is 4.26. The molecule has 1 fully saturated rings. The van der Waals surface area contributed by atoms with Crippen molar-refractivity contribution in [3.8, 4) is 0 Å². The Kier molecular flexibility index (Phi) is 5.88. The number of nitrogens with one attached hydrogen (secondary N) is 2. The van der Waals surface area contributed by atoms with E-state index in [9.17, 15) is 14.0 Å². The molecule has 2 heterocycles. The Bertz CT molecular complexity index is 949. The standard InChI is InChI=1S/C23H27FN4O2/c1-16-8-9-19(24)21(13-16)27-11-4-6-18(15-27)26-23(30)25-14-22(29)28-12-10-17-5-2-3-7-20(17)28/h2-3,5,7-9,13,18H,4,6,10-12,14-15H2,1H3,(H2,25,26,30). The molecule has 0 aromatic heterocycles. The summed E-state index contributed by atoms with van der Waals surface area (Å²) in [7, 11) is 0. The molecular formula is C23H27FN4O2. The molecule has 0 radical (unpaired) electrons. The third kappa shape index (κ3) is 4.40. The Morgan fingerprint density at radius 2 is 1.97 bits per heavy atom. The lowest BCUT2D eigenvalue weighted by atomic mass is 10.0. The highest BCUT2D eigenvalue weighted by Gasteiger charge is 2.26. The Balaban J connectivity index is 1.29. The van der Waals surface area contributed by atoms with Crippen LogP contribution in [0.2, 0.25) is 0 Å². The molecular weight excluding hydrogens is 383 g/mol. The fraction of sp³-hybridized carbons (Fsp3) is 0.391. The zero-order valence-electron chi connectivity index (χ0n) is 17.2. The SMILES string of the molecule is Cc1ccc(F)c(N2CCCC(NC(=O)NCC(=O)N3CCc4ccccc43)C2)c1. The van der Waals surface area contributed by atoms with Gasteiger partial charge in [0.2, 0.25) is 5.91 Å². The number of fused-ring (bicyclic) bond motifs is 1. The summed E-state index contributed by atoms with van der Waals surface area (Å²) in [6.07, 6.45) is 2.52. The molecule has 7 heteroatoms. The van der Waals surface area contributed by atoms with Crippen molar-refractivity contribution in [2.45, 2.75) is 32.2 Å². The first-order valence-corrected chi connectivity index (χ1v) is 10.4. The van der Waals surface area contributed by atoms with E-state index in [1.807, 2.05) is 42.2 Å². The van der Waals surface area contributed by atoms with Crippen LogP contribution in [0.15, 0.2) is 42.5 Å². The van der Waals surface area contributed by atoms with E-state index in [1.54, 1.807) is 11.0 Å². The first-order chi connectivity index (χ1) is 14.5. The maximum Gasteiger partial charge on any atom is 0.315 e. The van der Waals surface area contributed by atoms with Gasteiger partial charge >= 0.3 is 6.03 Å². The number of benzene rings is 2. The predicted molar refractivity (Wildman–Crippen MR) is 115 cm³/mol. The van der Waals surface area contributed by atoms with Gasteiger partial charge in [-0.2, -0.15) is 0 Å². The van der Waals surface area contributed by atoms with E-state index in [2.05, 4.69) is 10.6 Å². The van der Waals surface area contributed by atoms with Crippen LogP contribution in [-0.4, -0.2) is 44.2 Å². The first kappa shape index (κ1) is 20.2. The van der Waals surface area contributed by atoms with Crippen molar-refractivity contribution < 1.29 is 14.0 Å². The van der Waals surface area contributed by atoms with Gasteiger partial charge in [0.1, 0.15) is 5.82 Å². The smallest absolute Gasteiger partial charge is 0.315 e. The number of urea groups is 1. The normalized spacial score (nSPS) is 18.1. The first-order valence-electron chi connectivity index (χ1n) is 10.4. The summed E-state index contributed by atoms with van der Waals surface area (Å²) in [5, 5.41) is 5.61. The number of amides is 3. The molecule has 2 N–H and O–H groups in total. The number of aryl methyl sites for hydroxylation is 1. The highest BCUT2D eigenvalue weighted by molar-refractivity contribution is 5.98. The molecule has 0 saturated carbocycles. The fourth-order valence-electron chi connectivity index (χ4n) is 4.26. The maximum absolute atomic E-state index is 14.2. The molecule has 2 aliphatic rings. The van der Waals surface area contributed by atoms with Gasteiger partial charge in [-0.1, -0.05) is 24.3 Å². The minimum absolute atomic E-state index is 0.0525. The molecule has 3 amide bonds. The van der Waals surface area contributed by atoms with Crippen molar-refractivity contribution in [3.63, 3.8) is 0 Å². The molecule has 2 aliphatic heterocycles. The monoisotopic (exact) mass is 410 g/mol. The lowest BCUT2D eigenvalue weighted by Gasteiger charge is -2.35. The average Bonchev–Trinajstić information content (AvgIpc) is 3.18. The van der Waals surface area contributed by atoms with Crippen molar-refractivity contribution in [2.24, 2.45) is 0 Å². The molecule has 1 unspecified atom stereocenters. The van der Waals surface area contributed by atoms with Crippen molar-refractivity contribution in [2.75, 3.05) is 36.0 Å². The van der Waals surface area contributed by atoms with Gasteiger partial charge in [0.25, 0.3) is 0 Å². The Morgan fingerprint density at radius 1 is 1.13 bits per heavy atom. The number of hydrogen-bond acceptors (Lipinski definition) is 3. The van der Waals surface area contributed by atoms with Crippen LogP contribution in [0.25, 0.3) is 0 Å². The van der Waals surface area contributed by atoms with Crippen LogP contribution in [-0.2, 0) is 11.2 Å². The maximum atomic E-state index is 14.2. The average molecular weight is 410 g/mol. The summed E-state index contributed by atoms with van der Waals surface area (Å²) in [6, 6.07) is 12.4. The molecule has 2 aromatic carbocycles. The quantitative estimate of drug-likeness (QED) is 0.815. The summed E-state index contributed by atoms with van der Waals surface area (Å²) in [5.41, 5.74) is 3.65. The van der Waals surface area contributed by atoms with Crippen LogP contribution >= 0.6 is 0 Å². The second-order valence-corrected chi connectivity index (χ2v) is 7.99. The van der Waals surface area contributed by atoms with Crippen LogP contribution in [0.3, 0.4) is 0 Å². The molecule has 1 atom stereocenters. The van der Waals surface area contributed by atoms with E-state index in [-0.39, 0.29) is 30.3 Å². The molecule has 1 saturated heterocycles. The Labute approximate surface area is 176 Å². The van der Waals surface area contributed by atoms with Crippen LogP contribution in [0.5, 0.6) is 0 Å². The third-order valence-electron chi connectivity index (χ3n) is 5.79. The number of nitrogens with zero attached hydrogens (tertiary/aromatic N) is 2. The molecule has 4 rings (SSSR count). The lowest BCUT2D eigenvalue weighted by molar-refractivity contribution is -0.117. The van der Waals surface area contributed by atoms with Crippen LogP contribution < -0.4 is 20.4 Å². The summed E-state index contributed by atoms with van der Waals surface area (Å²) >= 11 is 0. The van der Waals surface area contributed by atoms with Gasteiger partial charge in [-0.05, 0) is 55.5 Å². The zero-order valence-corrected chi connectivity index (χ0v) is 17.2. The van der Waals surface area contributed by atoms with Gasteiger partial charge in [-0.3, -0.25) is 4.79 Å². The van der Waals surface area contributed by atoms with E-state index in [0.717, 1.165) is 42.6 Å². The van der Waals surface area contributed by atoms with E-state index in [4.69, 9.17) is 0 Å². The highest BCUT2D eigenvalue weighted by Crippen LogP contribution is 2.27. The third-order valence-corrected chi connectivity index (χ3v) is 5.79. The minimum Gasteiger partial charge on any atom is -0.367 e. The van der Waals surface area contributed by atoms with Gasteiger partial charge in [0.15, 0.2) is 0 Å². The van der Waals surface area contributed by atoms with Crippen molar-refractivity contribution >= 4 is 23.3 Å². The Hall–Kier alpha value is -3.09. The highest BCUT2D eigenvalue weighted by atomic mass is 19.1. The van der Waals surface area contributed by atoms with Gasteiger partial charge in [0.05, 0.1) is 12.2 Å². The van der Waals surface area contributed by atoms with E-state index >= 15 is 0 Å². The number of carbonyl (C=O) groups excluding carboxylic acids is 2. The van der Waals surface area contributed by atoms with Crippen LogP contribution in [0, 0.1) is 12.7 Å². The molecule has 0 bridgehead atoms. The minimum atomic E-state index is -0.368. The topological polar surface area (TPSA) is 64.7 Å². The van der Waals surface area contributed by atoms with Crippen LogP contribution in [0.4, 0.5) is 20.6 Å². The largest absolute Gasteiger partial charge is 0.367 e. The van der Waals surface area contributed by atoms with Crippen molar-refractivity contribution in [3.05, 3.63) is 59.4 Å². The molecule has 0 aliphatic carbocycles. The molecule has 2 aromatic rings. The van der Waals surface area contributed by atoms with E-state index in [1.165, 1.54) is 6.07 Å². The number of piperidine rings is 1. The second kappa shape index (κ2) is 8.73. The summed E-state index contributed by atoms with van der Waals surface area (Å²) < 4.78 is 14.2. The zero-order chi connectivity index (χ0) is 21.1. The predicted octanol–water partition coefficient (Wildman–Crippen LogP) is 2.99. The summed E-state index contributed by atoms with van der Waals surface area (Å²) in [5.74, 6) is -0.371. The molecule has 30 heavy (non-hydrogen) atoms. The number of rotatable bonds is 4. The summed E-state index contributed by atoms with van der Waals surface area (Å²) in [4.78, 5) is 28.6. The molecule has 6 nitrogen and oxygen atoms in total. The molecule has 0 spiro atoms. The number of halogens is 1. The van der Waals surface area contributed by atoms with Gasteiger partial charge in [-0.25, -0.2) is 9.18 Å². The Morgan fingerprint density at radius 3 is 2.83 bits per heavy atom. The van der Waals surface area contributed by atoms with Crippen molar-refractivity contribution in [1.29, 1.82) is 0 Å². The van der Waals surface area contributed by atoms with Crippen molar-refractivity contribution in [1.82, 2.24) is 10.6 Å². The lowest BCUT2D eigenvalue weighted by Crippen LogP contribution is -2.52. The van der Waals surface area contributed by atoms with Crippen LogP contribution in [0.1, 0.15) is 24.0 Å². The van der Waals surface area contributed by atoms with E-state index in [0.29, 0.717) is 18.8 Å². The van der Waals surface area contributed by atoms with Gasteiger partial charge in [-0.15, -0.1) is 0 Å². The van der Waals surface area contributed by atoms with E-state index < -0.39 is 0 Å². The second-order valence-electron chi connectivity index (χ2n) is 7.99.